The fourth-order valence-corrected chi connectivity index (χ4v) is 3.65. The Morgan fingerprint density at radius 2 is 2.29 bits per heavy atom. The van der Waals surface area contributed by atoms with Gasteiger partial charge in [-0.2, -0.15) is 0 Å². The predicted octanol–water partition coefficient (Wildman–Crippen LogP) is 1.62. The zero-order valence-corrected chi connectivity index (χ0v) is 14.2. The number of likely N-dealkylation sites (tertiary alicyclic amines) is 1. The van der Waals surface area contributed by atoms with Crippen molar-refractivity contribution in [3.63, 3.8) is 0 Å². The number of hydrogen-bond acceptors (Lipinski definition) is 4. The molecule has 1 spiro atoms. The van der Waals surface area contributed by atoms with E-state index in [1.54, 1.807) is 24.5 Å². The van der Waals surface area contributed by atoms with Gasteiger partial charge >= 0.3 is 0 Å². The molecule has 2 aliphatic heterocycles. The summed E-state index contributed by atoms with van der Waals surface area (Å²) >= 11 is 0. The summed E-state index contributed by atoms with van der Waals surface area (Å²) in [6.45, 7) is 4.79. The van der Waals surface area contributed by atoms with Gasteiger partial charge in [-0.3, -0.25) is 14.6 Å². The average Bonchev–Trinajstić information content (AvgIpc) is 2.98. The molecule has 0 radical (unpaired) electrons. The van der Waals surface area contributed by atoms with Crippen LogP contribution in [0.5, 0.6) is 0 Å². The third-order valence-electron chi connectivity index (χ3n) is 5.04. The van der Waals surface area contributed by atoms with Crippen molar-refractivity contribution in [3.8, 4) is 0 Å². The Labute approximate surface area is 142 Å². The summed E-state index contributed by atoms with van der Waals surface area (Å²) in [5.41, 5.74) is 0.400. The second-order valence-electron chi connectivity index (χ2n) is 6.68. The van der Waals surface area contributed by atoms with Crippen molar-refractivity contribution < 1.29 is 14.3 Å². The van der Waals surface area contributed by atoms with Gasteiger partial charge in [0.15, 0.2) is 0 Å². The van der Waals surface area contributed by atoms with E-state index in [1.165, 1.54) is 0 Å². The highest BCUT2D eigenvalue weighted by molar-refractivity contribution is 5.93. The van der Waals surface area contributed by atoms with Crippen molar-refractivity contribution in [2.45, 2.75) is 38.2 Å². The largest absolute Gasteiger partial charge is 0.371 e. The second-order valence-corrected chi connectivity index (χ2v) is 6.68. The molecule has 1 atom stereocenters. The van der Waals surface area contributed by atoms with Crippen molar-refractivity contribution in [2.24, 2.45) is 5.92 Å². The van der Waals surface area contributed by atoms with Gasteiger partial charge in [0.1, 0.15) is 5.60 Å². The minimum atomic E-state index is -0.178. The topological polar surface area (TPSA) is 71.5 Å². The molecule has 0 aromatic carbocycles. The van der Waals surface area contributed by atoms with E-state index in [-0.39, 0.29) is 17.4 Å². The van der Waals surface area contributed by atoms with Crippen molar-refractivity contribution in [2.75, 3.05) is 26.2 Å². The fourth-order valence-electron chi connectivity index (χ4n) is 3.65. The molecule has 6 heteroatoms. The summed E-state index contributed by atoms with van der Waals surface area (Å²) in [6, 6.07) is 3.51. The smallest absolute Gasteiger partial charge is 0.252 e. The van der Waals surface area contributed by atoms with Crippen LogP contribution in [0, 0.1) is 5.92 Å². The second kappa shape index (κ2) is 7.30. The van der Waals surface area contributed by atoms with E-state index in [0.717, 1.165) is 25.9 Å². The molecule has 1 aromatic heterocycles. The van der Waals surface area contributed by atoms with Crippen molar-refractivity contribution in [1.82, 2.24) is 15.2 Å². The molecule has 2 amide bonds. The van der Waals surface area contributed by atoms with Gasteiger partial charge in [-0.15, -0.1) is 0 Å². The lowest BCUT2D eigenvalue weighted by atomic mass is 9.78. The highest BCUT2D eigenvalue weighted by Gasteiger charge is 2.53. The number of rotatable bonds is 6. The first-order valence-electron chi connectivity index (χ1n) is 8.74. The summed E-state index contributed by atoms with van der Waals surface area (Å²) in [6.07, 6.45) is 6.59. The molecule has 0 bridgehead atoms. The molecule has 3 heterocycles. The van der Waals surface area contributed by atoms with E-state index in [1.807, 2.05) is 11.8 Å². The molecule has 0 unspecified atom stereocenters. The van der Waals surface area contributed by atoms with Crippen LogP contribution in [0.1, 0.15) is 43.0 Å². The molecular formula is C18H25N3O3. The van der Waals surface area contributed by atoms with Crippen LogP contribution in [-0.2, 0) is 9.53 Å². The van der Waals surface area contributed by atoms with Crippen LogP contribution in [-0.4, -0.2) is 53.5 Å². The standard InChI is InChI=1S/C18H25N3O3/c1-2-4-16(22)21-12-18(13-21)15(7-10-24-18)6-9-20-17(23)14-5-3-8-19-11-14/h3,5,8,11,15H,2,4,6-7,9-10,12-13H2,1H3,(H,20,23)/t15-/m0/s1. The van der Waals surface area contributed by atoms with Crippen molar-refractivity contribution in [1.29, 1.82) is 0 Å². The minimum absolute atomic E-state index is 0.0931. The Hall–Kier alpha value is -1.95. The van der Waals surface area contributed by atoms with E-state index >= 15 is 0 Å². The number of nitrogens with zero attached hydrogens (tertiary/aromatic N) is 2. The Balaban J connectivity index is 1.46. The van der Waals surface area contributed by atoms with Crippen molar-refractivity contribution in [3.05, 3.63) is 30.1 Å². The molecule has 130 valence electrons. The normalized spacial score (nSPS) is 21.5. The van der Waals surface area contributed by atoms with Gasteiger partial charge < -0.3 is 15.0 Å². The monoisotopic (exact) mass is 331 g/mol. The van der Waals surface area contributed by atoms with Gasteiger partial charge in [0.05, 0.1) is 18.7 Å². The van der Waals surface area contributed by atoms with Gasteiger partial charge in [0, 0.05) is 32.0 Å². The quantitative estimate of drug-likeness (QED) is 0.860. The number of amides is 2. The van der Waals surface area contributed by atoms with Crippen molar-refractivity contribution >= 4 is 11.8 Å². The molecule has 2 aliphatic rings. The maximum Gasteiger partial charge on any atom is 0.252 e. The summed E-state index contributed by atoms with van der Waals surface area (Å²) in [7, 11) is 0. The van der Waals surface area contributed by atoms with E-state index in [2.05, 4.69) is 10.3 Å². The lowest BCUT2D eigenvalue weighted by Crippen LogP contribution is -2.66. The Kier molecular flexibility index (Phi) is 5.14. The zero-order valence-electron chi connectivity index (χ0n) is 14.2. The zero-order chi connectivity index (χ0) is 17.0. The van der Waals surface area contributed by atoms with Crippen LogP contribution in [0.15, 0.2) is 24.5 Å². The SMILES string of the molecule is CCCC(=O)N1CC2(C1)OCC[C@@H]2CCNC(=O)c1cccnc1. The number of ether oxygens (including phenoxy) is 1. The number of pyridine rings is 1. The minimum Gasteiger partial charge on any atom is -0.371 e. The Morgan fingerprint density at radius 3 is 3.00 bits per heavy atom. The van der Waals surface area contributed by atoms with Gasteiger partial charge in [0.25, 0.3) is 5.91 Å². The lowest BCUT2D eigenvalue weighted by molar-refractivity contribution is -0.165. The van der Waals surface area contributed by atoms with E-state index in [9.17, 15) is 9.59 Å². The van der Waals surface area contributed by atoms with Crippen LogP contribution in [0.2, 0.25) is 0 Å². The molecule has 6 nitrogen and oxygen atoms in total. The summed E-state index contributed by atoms with van der Waals surface area (Å²) in [5, 5.41) is 2.95. The molecule has 1 aromatic rings. The molecule has 0 saturated carbocycles. The first-order valence-corrected chi connectivity index (χ1v) is 8.74. The number of aromatic nitrogens is 1. The predicted molar refractivity (Wildman–Crippen MR) is 89.5 cm³/mol. The average molecular weight is 331 g/mol. The number of hydrogen-bond donors (Lipinski definition) is 1. The first kappa shape index (κ1) is 16.9. The van der Waals surface area contributed by atoms with Gasteiger partial charge in [0.2, 0.25) is 5.91 Å². The lowest BCUT2D eigenvalue weighted by Gasteiger charge is -2.50. The van der Waals surface area contributed by atoms with Gasteiger partial charge in [-0.1, -0.05) is 6.92 Å². The van der Waals surface area contributed by atoms with Crippen LogP contribution >= 0.6 is 0 Å². The van der Waals surface area contributed by atoms with Crippen LogP contribution < -0.4 is 5.32 Å². The maximum atomic E-state index is 12.0. The first-order chi connectivity index (χ1) is 11.6. The molecule has 2 saturated heterocycles. The third kappa shape index (κ3) is 3.43. The van der Waals surface area contributed by atoms with E-state index in [0.29, 0.717) is 37.5 Å². The molecular weight excluding hydrogens is 306 g/mol. The van der Waals surface area contributed by atoms with Crippen LogP contribution in [0.3, 0.4) is 0 Å². The fraction of sp³-hybridized carbons (Fsp3) is 0.611. The summed E-state index contributed by atoms with van der Waals surface area (Å²) in [4.78, 5) is 29.8. The number of carbonyl (C=O) groups is 2. The molecule has 2 fully saturated rings. The van der Waals surface area contributed by atoms with Crippen LogP contribution in [0.4, 0.5) is 0 Å². The molecule has 24 heavy (non-hydrogen) atoms. The Morgan fingerprint density at radius 1 is 1.46 bits per heavy atom. The number of nitrogens with one attached hydrogen (secondary N) is 1. The highest BCUT2D eigenvalue weighted by atomic mass is 16.5. The maximum absolute atomic E-state index is 12.0. The third-order valence-corrected chi connectivity index (χ3v) is 5.04. The van der Waals surface area contributed by atoms with Gasteiger partial charge in [-0.05, 0) is 37.3 Å². The molecule has 0 aliphatic carbocycles. The van der Waals surface area contributed by atoms with Crippen LogP contribution in [0.25, 0.3) is 0 Å². The van der Waals surface area contributed by atoms with E-state index < -0.39 is 0 Å². The van der Waals surface area contributed by atoms with Gasteiger partial charge in [-0.25, -0.2) is 0 Å². The molecule has 3 rings (SSSR count). The summed E-state index contributed by atoms with van der Waals surface area (Å²) in [5.74, 6) is 0.532. The summed E-state index contributed by atoms with van der Waals surface area (Å²) < 4.78 is 5.97. The highest BCUT2D eigenvalue weighted by Crippen LogP contribution is 2.41. The Bertz CT molecular complexity index is 584. The van der Waals surface area contributed by atoms with E-state index in [4.69, 9.17) is 4.74 Å². The molecule has 1 N–H and O–H groups in total. The number of carbonyl (C=O) groups excluding carboxylic acids is 2.